The van der Waals surface area contributed by atoms with Crippen LogP contribution in [0, 0.1) is 0 Å². The van der Waals surface area contributed by atoms with Crippen LogP contribution in [0.15, 0.2) is 0 Å². The normalized spacial score (nSPS) is 38.5. The highest BCUT2D eigenvalue weighted by Gasteiger charge is 2.25. The fourth-order valence-electron chi connectivity index (χ4n) is 2.48. The first-order valence-electron chi connectivity index (χ1n) is 6.85. The van der Waals surface area contributed by atoms with E-state index in [0.717, 1.165) is 26.2 Å². The quantitative estimate of drug-likeness (QED) is 0.579. The maximum absolute atomic E-state index is 5.74. The van der Waals surface area contributed by atoms with E-state index in [9.17, 15) is 0 Å². The largest absolute Gasteiger partial charge is 0.373 e. The molecular weight excluding hydrogens is 300 g/mol. The lowest BCUT2D eigenvalue weighted by Crippen LogP contribution is -2.42. The molecule has 112 valence electrons. The smallest absolute Gasteiger partial charge is 0.0687 e. The Kier molecular flexibility index (Phi) is 6.65. The van der Waals surface area contributed by atoms with Gasteiger partial charge in [0.1, 0.15) is 0 Å². The number of hydrogen-bond acceptors (Lipinski definition) is 7. The number of morpholine rings is 2. The van der Waals surface area contributed by atoms with Crippen LogP contribution >= 0.6 is 31.8 Å². The highest BCUT2D eigenvalue weighted by molar-refractivity contribution is 9.08. The van der Waals surface area contributed by atoms with Gasteiger partial charge in [-0.25, -0.2) is 8.61 Å². The summed E-state index contributed by atoms with van der Waals surface area (Å²) in [6.45, 7) is 12.6. The second kappa shape index (κ2) is 7.77. The third kappa shape index (κ3) is 5.65. The summed E-state index contributed by atoms with van der Waals surface area (Å²) in [6, 6.07) is 0. The molecule has 0 N–H and O–H groups in total. The Bertz CT molecular complexity index is 240. The summed E-state index contributed by atoms with van der Waals surface area (Å²) in [4.78, 5) is 0. The zero-order chi connectivity index (χ0) is 13.8. The summed E-state index contributed by atoms with van der Waals surface area (Å²) in [5.41, 5.74) is 0. The monoisotopic (exact) mass is 324 g/mol. The SMILES string of the molecule is CC1CN(SSSN2CC(C)OC(C)C2)CC(C)O1. The Hall–Kier alpha value is 0.890. The maximum Gasteiger partial charge on any atom is 0.0687 e. The molecule has 2 saturated heterocycles. The van der Waals surface area contributed by atoms with E-state index in [1.54, 1.807) is 0 Å². The molecule has 0 aromatic carbocycles. The molecule has 0 spiro atoms. The van der Waals surface area contributed by atoms with E-state index in [4.69, 9.17) is 9.47 Å². The fraction of sp³-hybridized carbons (Fsp3) is 1.00. The van der Waals surface area contributed by atoms with E-state index >= 15 is 0 Å². The van der Waals surface area contributed by atoms with Crippen molar-refractivity contribution in [2.24, 2.45) is 0 Å². The molecule has 19 heavy (non-hydrogen) atoms. The van der Waals surface area contributed by atoms with E-state index in [-0.39, 0.29) is 0 Å². The van der Waals surface area contributed by atoms with Gasteiger partial charge in [0.05, 0.1) is 24.4 Å². The van der Waals surface area contributed by atoms with Crippen molar-refractivity contribution < 1.29 is 9.47 Å². The van der Waals surface area contributed by atoms with Crippen molar-refractivity contribution in [3.05, 3.63) is 0 Å². The molecule has 0 bridgehead atoms. The van der Waals surface area contributed by atoms with E-state index < -0.39 is 0 Å². The fourth-order valence-corrected chi connectivity index (χ4v) is 6.89. The van der Waals surface area contributed by atoms with Crippen LogP contribution in [0.2, 0.25) is 0 Å². The summed E-state index contributed by atoms with van der Waals surface area (Å²) < 4.78 is 16.3. The molecule has 2 fully saturated rings. The highest BCUT2D eigenvalue weighted by Crippen LogP contribution is 2.41. The first kappa shape index (κ1) is 16.3. The second-order valence-electron chi connectivity index (χ2n) is 5.43. The zero-order valence-electron chi connectivity index (χ0n) is 12.1. The van der Waals surface area contributed by atoms with Crippen molar-refractivity contribution in [2.45, 2.75) is 52.1 Å². The molecule has 4 unspecified atom stereocenters. The first-order valence-corrected chi connectivity index (χ1v) is 10.2. The average Bonchev–Trinajstić information content (AvgIpc) is 2.26. The van der Waals surface area contributed by atoms with Crippen LogP contribution in [-0.2, 0) is 9.47 Å². The van der Waals surface area contributed by atoms with Crippen LogP contribution in [0.4, 0.5) is 0 Å². The summed E-state index contributed by atoms with van der Waals surface area (Å²) in [5, 5.41) is 0. The van der Waals surface area contributed by atoms with Gasteiger partial charge in [0.25, 0.3) is 0 Å². The van der Waals surface area contributed by atoms with Crippen molar-refractivity contribution in [1.82, 2.24) is 8.61 Å². The van der Waals surface area contributed by atoms with Crippen molar-refractivity contribution in [3.63, 3.8) is 0 Å². The number of rotatable bonds is 4. The predicted molar refractivity (Wildman–Crippen MR) is 85.9 cm³/mol. The van der Waals surface area contributed by atoms with Crippen molar-refractivity contribution in [3.8, 4) is 0 Å². The van der Waals surface area contributed by atoms with Crippen LogP contribution in [0.5, 0.6) is 0 Å². The van der Waals surface area contributed by atoms with Crippen LogP contribution in [0.1, 0.15) is 27.7 Å². The average molecular weight is 325 g/mol. The standard InChI is InChI=1S/C12H24N2O2S3/c1-9-5-13(6-10(2)15-9)17-19-18-14-7-11(3)16-12(4)8-14/h9-12H,5-8H2,1-4H3. The second-order valence-corrected chi connectivity index (χ2v) is 9.42. The lowest BCUT2D eigenvalue weighted by molar-refractivity contribution is -0.0410. The third-order valence-corrected chi connectivity index (χ3v) is 6.91. The van der Waals surface area contributed by atoms with Gasteiger partial charge in [-0.2, -0.15) is 0 Å². The number of nitrogens with zero attached hydrogens (tertiary/aromatic N) is 2. The Balaban J connectivity index is 1.65. The molecule has 0 saturated carbocycles. The molecule has 2 aliphatic rings. The summed E-state index contributed by atoms with van der Waals surface area (Å²) in [6.07, 6.45) is 1.35. The van der Waals surface area contributed by atoms with Crippen molar-refractivity contribution in [2.75, 3.05) is 26.2 Å². The molecule has 0 aromatic heterocycles. The Morgan fingerprint density at radius 3 is 1.32 bits per heavy atom. The summed E-state index contributed by atoms with van der Waals surface area (Å²) in [5.74, 6) is 0. The predicted octanol–water partition coefficient (Wildman–Crippen LogP) is 3.06. The van der Waals surface area contributed by atoms with Gasteiger partial charge in [-0.15, -0.1) is 0 Å². The van der Waals surface area contributed by atoms with Gasteiger partial charge >= 0.3 is 0 Å². The topological polar surface area (TPSA) is 24.9 Å². The lowest BCUT2D eigenvalue weighted by Gasteiger charge is -2.35. The lowest BCUT2D eigenvalue weighted by atomic mass is 10.3. The molecule has 2 aliphatic heterocycles. The third-order valence-electron chi connectivity index (χ3n) is 3.04. The Morgan fingerprint density at radius 1 is 0.684 bits per heavy atom. The minimum atomic E-state index is 0.338. The zero-order valence-corrected chi connectivity index (χ0v) is 14.5. The minimum absolute atomic E-state index is 0.338. The molecular formula is C12H24N2O2S3. The van der Waals surface area contributed by atoms with Crippen LogP contribution in [0.25, 0.3) is 0 Å². The van der Waals surface area contributed by atoms with Crippen LogP contribution in [0.3, 0.4) is 0 Å². The number of hydrogen-bond donors (Lipinski definition) is 0. The van der Waals surface area contributed by atoms with Gasteiger partial charge in [-0.3, -0.25) is 0 Å². The number of ether oxygens (including phenoxy) is 2. The molecule has 0 radical (unpaired) electrons. The summed E-state index contributed by atoms with van der Waals surface area (Å²) in [7, 11) is 5.55. The van der Waals surface area contributed by atoms with Gasteiger partial charge in [0.2, 0.25) is 0 Å². The van der Waals surface area contributed by atoms with Crippen LogP contribution in [-0.4, -0.2) is 59.2 Å². The molecule has 2 rings (SSSR count). The molecule has 4 nitrogen and oxygen atoms in total. The van der Waals surface area contributed by atoms with Gasteiger partial charge in [-0.1, -0.05) is 0 Å². The van der Waals surface area contributed by atoms with Gasteiger partial charge in [0, 0.05) is 58.0 Å². The maximum atomic E-state index is 5.74. The molecule has 2 heterocycles. The highest BCUT2D eigenvalue weighted by atomic mass is 33.5. The molecule has 7 heteroatoms. The van der Waals surface area contributed by atoms with Gasteiger partial charge < -0.3 is 9.47 Å². The molecule has 4 atom stereocenters. The minimum Gasteiger partial charge on any atom is -0.373 e. The van der Waals surface area contributed by atoms with Gasteiger partial charge in [-0.05, 0) is 27.7 Å². The summed E-state index contributed by atoms with van der Waals surface area (Å²) >= 11 is 0. The van der Waals surface area contributed by atoms with Crippen molar-refractivity contribution in [1.29, 1.82) is 0 Å². The molecule has 0 amide bonds. The van der Waals surface area contributed by atoms with Crippen LogP contribution < -0.4 is 0 Å². The van der Waals surface area contributed by atoms with E-state index in [1.165, 1.54) is 0 Å². The first-order chi connectivity index (χ1) is 9.02. The molecule has 0 aliphatic carbocycles. The van der Waals surface area contributed by atoms with Gasteiger partial charge in [0.15, 0.2) is 0 Å². The van der Waals surface area contributed by atoms with E-state index in [2.05, 4.69) is 36.3 Å². The molecule has 0 aromatic rings. The Labute approximate surface area is 128 Å². The Morgan fingerprint density at radius 2 is 1.00 bits per heavy atom. The van der Waals surface area contributed by atoms with E-state index in [1.807, 2.05) is 31.8 Å². The van der Waals surface area contributed by atoms with Crippen molar-refractivity contribution >= 4 is 31.8 Å². The van der Waals surface area contributed by atoms with E-state index in [0.29, 0.717) is 24.4 Å².